The normalized spacial score (nSPS) is 77.3. The van der Waals surface area contributed by atoms with E-state index in [1.54, 1.807) is 5.56 Å². The van der Waals surface area contributed by atoms with E-state index >= 15 is 0 Å². The minimum absolute atomic E-state index is 0.261. The van der Waals surface area contributed by atoms with Gasteiger partial charge in [0.25, 0.3) is 0 Å². The zero-order chi connectivity index (χ0) is 18.9. The van der Waals surface area contributed by atoms with Crippen LogP contribution in [-0.2, 0) is 15.6 Å². The first-order chi connectivity index (χ1) is 13.8. The Kier molecular flexibility index (Phi) is 0.695. The molecule has 0 aromatic heterocycles. The molecule has 1 spiro atoms. The molecule has 10 heterocycles. The fourth-order valence-electron chi connectivity index (χ4n) is 20.1. The molecule has 29 heavy (non-hydrogen) atoms. The molecule has 8 atom stereocenters. The number of fused-ring (bicyclic) bond motifs is 10. The van der Waals surface area contributed by atoms with Crippen LogP contribution in [0, 0.1) is 13.8 Å². The molecule has 0 radical (unpaired) electrons. The van der Waals surface area contributed by atoms with Gasteiger partial charge in [-0.1, -0.05) is 0 Å². The topological polar surface area (TPSA) is 17.1 Å². The van der Waals surface area contributed by atoms with Gasteiger partial charge in [0.2, 0.25) is 0 Å². The molecule has 2 aromatic carbocycles. The SMILES string of the molecule is Cc1cc(C)cc([C]23[CH]4[CH]5[CH]6[CH]2[Fe]56432789[CH]3[CH]2[CH]7[C]8(C(=O)C=Cc2ccccc2)[CH]39)c1. The van der Waals surface area contributed by atoms with Crippen molar-refractivity contribution in [3.63, 3.8) is 0 Å². The summed E-state index contributed by atoms with van der Waals surface area (Å²) in [4.78, 5) is 22.6. The molecule has 0 amide bonds. The predicted octanol–water partition coefficient (Wildman–Crippen LogP) is 6.75. The summed E-state index contributed by atoms with van der Waals surface area (Å²) >= 11 is 0. The van der Waals surface area contributed by atoms with Crippen LogP contribution in [0.3, 0.4) is 0 Å². The standard InChI is InChI=1S/C14H11O.C13H13.Fe/c15-14(13-8-4-5-9-13)11-10-12-6-2-1-3-7-12;1-10-7-11(2)9-13(8-10)12-5-3-4-6-12;/h1-11H;3-9H,1-2H3;. The van der Waals surface area contributed by atoms with Gasteiger partial charge in [0.15, 0.2) is 0 Å². The van der Waals surface area contributed by atoms with Crippen molar-refractivity contribution in [2.45, 2.75) is 61.0 Å². The predicted molar refractivity (Wildman–Crippen MR) is 111 cm³/mol. The van der Waals surface area contributed by atoms with Crippen LogP contribution in [0.1, 0.15) is 22.3 Å². The quantitative estimate of drug-likeness (QED) is 0.395. The number of benzene rings is 2. The number of allylic oxidation sites excluding steroid dienone is 1. The molecular weight excluding hydrogens is 396 g/mol. The first-order valence-electron chi connectivity index (χ1n) is 11.4. The van der Waals surface area contributed by atoms with Gasteiger partial charge in [-0.2, -0.15) is 0 Å². The Bertz CT molecular complexity index is 1730. The zero-order valence-electron chi connectivity index (χ0n) is 16.7. The van der Waals surface area contributed by atoms with Crippen molar-refractivity contribution in [3.8, 4) is 0 Å². The van der Waals surface area contributed by atoms with Gasteiger partial charge in [0.05, 0.1) is 0 Å². The first kappa shape index (κ1) is 12.9. The van der Waals surface area contributed by atoms with Crippen LogP contribution < -0.4 is 0 Å². The monoisotopic (exact) mass is 420 g/mol. The van der Waals surface area contributed by atoms with Crippen LogP contribution in [0.15, 0.2) is 54.6 Å². The number of ketones is 1. The molecule has 10 fully saturated rings. The van der Waals surface area contributed by atoms with E-state index in [0.29, 0.717) is 10.1 Å². The summed E-state index contributed by atoms with van der Waals surface area (Å²) in [6, 6.07) is 17.9. The number of aryl methyl sites for hydroxylation is 2. The zero-order valence-corrected chi connectivity index (χ0v) is 17.8. The van der Waals surface area contributed by atoms with Gasteiger partial charge in [-0.25, -0.2) is 0 Å². The van der Waals surface area contributed by atoms with Crippen LogP contribution in [0.4, 0.5) is 0 Å². The second-order valence-electron chi connectivity index (χ2n) is 14.3. The number of carbonyl (C=O) groups excluding carboxylic acids is 1. The van der Waals surface area contributed by atoms with E-state index in [1.165, 1.54) is 16.7 Å². The Morgan fingerprint density at radius 3 is 2.00 bits per heavy atom. The summed E-state index contributed by atoms with van der Waals surface area (Å²) in [5.74, 6) is 0.608. The fourth-order valence-corrected chi connectivity index (χ4v) is 95.9. The third-order valence-corrected chi connectivity index (χ3v) is 60.8. The number of hydrogen-bond donors (Lipinski definition) is 0. The summed E-state index contributed by atoms with van der Waals surface area (Å²) < 4.78 is 0.874. The van der Waals surface area contributed by atoms with Gasteiger partial charge in [0, 0.05) is 0 Å². The molecule has 2 heteroatoms. The third-order valence-electron chi connectivity index (χ3n) is 18.1. The molecular formula is C27H24FeO. The van der Waals surface area contributed by atoms with Crippen LogP contribution >= 0.6 is 0 Å². The Labute approximate surface area is 160 Å². The number of hydrogen-bond acceptors (Lipinski definition) is 1. The van der Waals surface area contributed by atoms with Crippen LogP contribution in [-0.4, -0.2) is 5.78 Å². The number of rotatable bonds is 4. The molecule has 0 bridgehead atoms. The molecule has 146 valence electrons. The van der Waals surface area contributed by atoms with E-state index in [0.717, 1.165) is 38.5 Å². The summed E-state index contributed by atoms with van der Waals surface area (Å²) in [5, 5.41) is 0. The average Bonchev–Trinajstić information content (AvgIpc) is 3.65. The van der Waals surface area contributed by atoms with Crippen molar-refractivity contribution in [1.29, 1.82) is 0 Å². The molecule has 0 aliphatic carbocycles. The van der Waals surface area contributed by atoms with Crippen molar-refractivity contribution < 1.29 is 11.3 Å². The Hall–Kier alpha value is -1.63. The summed E-state index contributed by atoms with van der Waals surface area (Å²) in [5.41, 5.74) is 5.80. The molecule has 0 saturated carbocycles. The fraction of sp³-hybridized carbons (Fsp3) is 0.444. The van der Waals surface area contributed by atoms with Crippen molar-refractivity contribution in [1.82, 2.24) is 0 Å². The molecule has 8 unspecified atom stereocenters. The molecule has 10 saturated heterocycles. The summed E-state index contributed by atoms with van der Waals surface area (Å²) in [7, 11) is 0. The Morgan fingerprint density at radius 1 is 0.862 bits per heavy atom. The van der Waals surface area contributed by atoms with Gasteiger partial charge >= 0.3 is 161 Å². The second kappa shape index (κ2) is 1.56. The van der Waals surface area contributed by atoms with Crippen molar-refractivity contribution in [3.05, 3.63) is 76.9 Å². The minimum atomic E-state index is -3.78. The van der Waals surface area contributed by atoms with E-state index < -0.39 is 6.51 Å². The van der Waals surface area contributed by atoms with Crippen LogP contribution in [0.2, 0.25) is 42.8 Å². The Balaban J connectivity index is 1.15. The van der Waals surface area contributed by atoms with Crippen molar-refractivity contribution in [2.24, 2.45) is 0 Å². The Morgan fingerprint density at radius 2 is 1.45 bits per heavy atom. The van der Waals surface area contributed by atoms with Crippen LogP contribution in [0.25, 0.3) is 6.08 Å². The van der Waals surface area contributed by atoms with Crippen LogP contribution in [0.5, 0.6) is 0 Å². The second-order valence-corrected chi connectivity index (χ2v) is 37.5. The average molecular weight is 420 g/mol. The molecule has 1 nitrogen and oxygen atoms in total. The van der Waals surface area contributed by atoms with Crippen molar-refractivity contribution in [2.75, 3.05) is 0 Å². The van der Waals surface area contributed by atoms with E-state index in [-0.39, 0.29) is 4.31 Å². The molecule has 0 N–H and O–H groups in total. The van der Waals surface area contributed by atoms with E-state index in [4.69, 9.17) is 0 Å². The first-order valence-corrected chi connectivity index (χ1v) is 17.6. The maximum absolute atomic E-state index is 14.0. The molecule has 10 aliphatic rings. The number of carbonyl (C=O) groups is 1. The maximum atomic E-state index is 14.0. The van der Waals surface area contributed by atoms with E-state index in [2.05, 4.69) is 68.5 Å². The molecule has 10 aliphatic heterocycles. The molecule has 2 aromatic rings. The van der Waals surface area contributed by atoms with Gasteiger partial charge in [-0.15, -0.1) is 0 Å². The van der Waals surface area contributed by atoms with Gasteiger partial charge in [-0.05, 0) is 0 Å². The van der Waals surface area contributed by atoms with Gasteiger partial charge in [-0.3, -0.25) is 0 Å². The third kappa shape index (κ3) is 0.229. The summed E-state index contributed by atoms with van der Waals surface area (Å²) in [6.07, 6.45) is 4.17. The molecule has 12 rings (SSSR count). The van der Waals surface area contributed by atoms with Gasteiger partial charge < -0.3 is 0 Å². The van der Waals surface area contributed by atoms with Gasteiger partial charge in [0.1, 0.15) is 0 Å². The van der Waals surface area contributed by atoms with E-state index in [1.807, 2.05) is 6.08 Å². The van der Waals surface area contributed by atoms with Crippen molar-refractivity contribution >= 4 is 11.9 Å². The summed E-state index contributed by atoms with van der Waals surface area (Å²) in [6.45, 7) is 0.782. The van der Waals surface area contributed by atoms with E-state index in [9.17, 15) is 4.79 Å².